The Morgan fingerprint density at radius 3 is 2.66 bits per heavy atom. The second-order valence-electron chi connectivity index (χ2n) is 6.60. The van der Waals surface area contributed by atoms with Crippen molar-refractivity contribution in [3.8, 4) is 22.6 Å². The lowest BCUT2D eigenvalue weighted by Crippen LogP contribution is -2.04. The number of fused-ring (bicyclic) bond motifs is 1. The summed E-state index contributed by atoms with van der Waals surface area (Å²) >= 11 is 0. The van der Waals surface area contributed by atoms with Crippen molar-refractivity contribution in [2.45, 2.75) is 26.2 Å². The molecule has 0 saturated carbocycles. The number of halogens is 1. The Bertz CT molecular complexity index is 1130. The van der Waals surface area contributed by atoms with Crippen LogP contribution in [0.3, 0.4) is 0 Å². The molecule has 2 aromatic carbocycles. The summed E-state index contributed by atoms with van der Waals surface area (Å²) in [6.07, 6.45) is 1.61. The van der Waals surface area contributed by atoms with E-state index < -0.39 is 0 Å². The van der Waals surface area contributed by atoms with E-state index in [2.05, 4.69) is 25.4 Å². The smallest absolute Gasteiger partial charge is 0.305 e. The quantitative estimate of drug-likeness (QED) is 0.462. The highest BCUT2D eigenvalue weighted by Crippen LogP contribution is 2.29. The number of aryl methyl sites for hydroxylation is 1. The number of hydrogen-bond donors (Lipinski definition) is 2. The van der Waals surface area contributed by atoms with Crippen LogP contribution in [0, 0.1) is 5.82 Å². The molecule has 2 heterocycles. The molecule has 2 N–H and O–H groups in total. The number of rotatable bonds is 7. The maximum Gasteiger partial charge on any atom is 0.305 e. The van der Waals surface area contributed by atoms with Gasteiger partial charge in [-0.05, 0) is 55.8 Å². The third-order valence-corrected chi connectivity index (χ3v) is 4.57. The topological polar surface area (TPSA) is 96.6 Å². The summed E-state index contributed by atoms with van der Waals surface area (Å²) in [4.78, 5) is 16.0. The van der Waals surface area contributed by atoms with Crippen LogP contribution in [-0.4, -0.2) is 38.0 Å². The monoisotopic (exact) mass is 393 g/mol. The minimum absolute atomic E-state index is 0.203. The predicted molar refractivity (Wildman–Crippen MR) is 106 cm³/mol. The second-order valence-corrected chi connectivity index (χ2v) is 6.60. The Morgan fingerprint density at radius 1 is 1.07 bits per heavy atom. The van der Waals surface area contributed by atoms with Gasteiger partial charge in [0.25, 0.3) is 0 Å². The zero-order valence-electron chi connectivity index (χ0n) is 15.9. The van der Waals surface area contributed by atoms with Crippen LogP contribution in [0.25, 0.3) is 33.5 Å². The first-order chi connectivity index (χ1) is 14.1. The SMILES string of the molecule is CCOC(=O)CCCc1nc(-c2ccc3[nH]nc(-c4ccc(F)cc4)c3c2)n[nH]1. The van der Waals surface area contributed by atoms with E-state index in [-0.39, 0.29) is 11.8 Å². The molecule has 4 aromatic rings. The van der Waals surface area contributed by atoms with Gasteiger partial charge in [-0.25, -0.2) is 9.37 Å². The van der Waals surface area contributed by atoms with E-state index in [0.717, 1.165) is 33.5 Å². The van der Waals surface area contributed by atoms with E-state index in [0.29, 0.717) is 31.7 Å². The third-order valence-electron chi connectivity index (χ3n) is 4.57. The molecule has 0 aliphatic heterocycles. The number of H-pyrrole nitrogens is 2. The molecule has 0 aliphatic carbocycles. The van der Waals surface area contributed by atoms with Gasteiger partial charge in [-0.3, -0.25) is 15.0 Å². The largest absolute Gasteiger partial charge is 0.466 e. The first kappa shape index (κ1) is 18.8. The van der Waals surface area contributed by atoms with Gasteiger partial charge >= 0.3 is 5.97 Å². The molecule has 0 aliphatic rings. The number of benzene rings is 2. The van der Waals surface area contributed by atoms with Gasteiger partial charge < -0.3 is 4.74 Å². The summed E-state index contributed by atoms with van der Waals surface area (Å²) in [5, 5.41) is 15.5. The number of hydrogen-bond acceptors (Lipinski definition) is 5. The predicted octanol–water partition coefficient (Wildman–Crippen LogP) is 4.04. The number of carbonyl (C=O) groups excluding carboxylic acids is 1. The number of carbonyl (C=O) groups is 1. The first-order valence-electron chi connectivity index (χ1n) is 9.45. The van der Waals surface area contributed by atoms with Gasteiger partial charge in [0, 0.05) is 29.4 Å². The molecule has 7 nitrogen and oxygen atoms in total. The van der Waals surface area contributed by atoms with Crippen LogP contribution in [0.4, 0.5) is 4.39 Å². The zero-order chi connectivity index (χ0) is 20.2. The maximum absolute atomic E-state index is 13.2. The van der Waals surface area contributed by atoms with Crippen molar-refractivity contribution >= 4 is 16.9 Å². The Balaban J connectivity index is 1.54. The molecule has 0 atom stereocenters. The highest BCUT2D eigenvalue weighted by Gasteiger charge is 2.12. The van der Waals surface area contributed by atoms with E-state index >= 15 is 0 Å². The van der Waals surface area contributed by atoms with Crippen LogP contribution >= 0.6 is 0 Å². The van der Waals surface area contributed by atoms with Gasteiger partial charge in [0.2, 0.25) is 0 Å². The van der Waals surface area contributed by atoms with Gasteiger partial charge in [-0.1, -0.05) is 0 Å². The molecule has 148 valence electrons. The normalized spacial score (nSPS) is 11.1. The molecule has 2 aromatic heterocycles. The van der Waals surface area contributed by atoms with Gasteiger partial charge in [0.1, 0.15) is 11.6 Å². The van der Waals surface area contributed by atoms with E-state index in [9.17, 15) is 9.18 Å². The molecule has 0 fully saturated rings. The van der Waals surface area contributed by atoms with Crippen molar-refractivity contribution in [2.24, 2.45) is 0 Å². The van der Waals surface area contributed by atoms with E-state index in [1.54, 1.807) is 19.1 Å². The molecule has 0 radical (unpaired) electrons. The second kappa shape index (κ2) is 8.22. The number of aromatic nitrogens is 5. The third kappa shape index (κ3) is 4.16. The number of ether oxygens (including phenoxy) is 1. The fourth-order valence-corrected chi connectivity index (χ4v) is 3.15. The molecule has 4 rings (SSSR count). The van der Waals surface area contributed by atoms with Crippen LogP contribution in [0.1, 0.15) is 25.6 Å². The number of esters is 1. The van der Waals surface area contributed by atoms with Crippen LogP contribution < -0.4 is 0 Å². The van der Waals surface area contributed by atoms with E-state index in [4.69, 9.17) is 4.74 Å². The fraction of sp³-hybridized carbons (Fsp3) is 0.238. The summed E-state index contributed by atoms with van der Waals surface area (Å²) in [5.74, 6) is 0.802. The van der Waals surface area contributed by atoms with E-state index in [1.807, 2.05) is 18.2 Å². The summed E-state index contributed by atoms with van der Waals surface area (Å²) < 4.78 is 18.2. The lowest BCUT2D eigenvalue weighted by molar-refractivity contribution is -0.143. The highest BCUT2D eigenvalue weighted by molar-refractivity contribution is 5.95. The number of nitrogens with zero attached hydrogens (tertiary/aromatic N) is 3. The lowest BCUT2D eigenvalue weighted by Gasteiger charge is -2.00. The maximum atomic E-state index is 13.2. The van der Waals surface area contributed by atoms with Crippen molar-refractivity contribution < 1.29 is 13.9 Å². The first-order valence-corrected chi connectivity index (χ1v) is 9.45. The van der Waals surface area contributed by atoms with E-state index in [1.165, 1.54) is 12.1 Å². The average molecular weight is 393 g/mol. The molecule has 0 bridgehead atoms. The lowest BCUT2D eigenvalue weighted by atomic mass is 10.1. The molecule has 0 saturated heterocycles. The van der Waals surface area contributed by atoms with Gasteiger partial charge in [-0.15, -0.1) is 0 Å². The number of nitrogens with one attached hydrogen (secondary N) is 2. The Kier molecular flexibility index (Phi) is 5.33. The molecule has 0 unspecified atom stereocenters. The Labute approximate surface area is 166 Å². The van der Waals surface area contributed by atoms with Crippen molar-refractivity contribution in [2.75, 3.05) is 6.61 Å². The molecule has 8 heteroatoms. The van der Waals surface area contributed by atoms with Crippen LogP contribution in [0.15, 0.2) is 42.5 Å². The van der Waals surface area contributed by atoms with Crippen molar-refractivity contribution in [1.29, 1.82) is 0 Å². The van der Waals surface area contributed by atoms with Crippen molar-refractivity contribution in [3.05, 3.63) is 54.1 Å². The number of aromatic amines is 2. The molecule has 0 amide bonds. The fourth-order valence-electron chi connectivity index (χ4n) is 3.15. The minimum Gasteiger partial charge on any atom is -0.466 e. The van der Waals surface area contributed by atoms with Gasteiger partial charge in [0.15, 0.2) is 5.82 Å². The molecular formula is C21H20FN5O2. The molecule has 0 spiro atoms. The van der Waals surface area contributed by atoms with Gasteiger partial charge in [0.05, 0.1) is 17.8 Å². The molecular weight excluding hydrogens is 373 g/mol. The molecule has 29 heavy (non-hydrogen) atoms. The van der Waals surface area contributed by atoms with Crippen LogP contribution in [-0.2, 0) is 16.0 Å². The standard InChI is InChI=1S/C21H20FN5O2/c1-2-29-19(28)5-3-4-18-23-21(27-25-18)14-8-11-17-16(12-14)20(26-24-17)13-6-9-15(22)10-7-13/h6-12H,2-5H2,1H3,(H,24,26)(H,23,25,27). The van der Waals surface area contributed by atoms with Gasteiger partial charge in [-0.2, -0.15) is 10.2 Å². The highest BCUT2D eigenvalue weighted by atomic mass is 19.1. The van der Waals surface area contributed by atoms with Crippen LogP contribution in [0.2, 0.25) is 0 Å². The Morgan fingerprint density at radius 2 is 1.86 bits per heavy atom. The van der Waals surface area contributed by atoms with Crippen LogP contribution in [0.5, 0.6) is 0 Å². The minimum atomic E-state index is -0.287. The van der Waals surface area contributed by atoms with Crippen molar-refractivity contribution in [3.63, 3.8) is 0 Å². The summed E-state index contributed by atoms with van der Waals surface area (Å²) in [6.45, 7) is 2.18. The Hall–Kier alpha value is -3.55. The average Bonchev–Trinajstić information content (AvgIpc) is 3.35. The van der Waals surface area contributed by atoms with Crippen molar-refractivity contribution in [1.82, 2.24) is 25.4 Å². The summed E-state index contributed by atoms with van der Waals surface area (Å²) in [7, 11) is 0. The summed E-state index contributed by atoms with van der Waals surface area (Å²) in [6, 6.07) is 12.0. The zero-order valence-corrected chi connectivity index (χ0v) is 15.9. The summed E-state index contributed by atoms with van der Waals surface area (Å²) in [5.41, 5.74) is 3.28.